The molecule has 1 aromatic heterocycles. The second kappa shape index (κ2) is 9.64. The molecule has 1 atom stereocenters. The van der Waals surface area contributed by atoms with Crippen molar-refractivity contribution < 1.29 is 14.3 Å². The number of aliphatic imine (C=N–C) groups is 1. The maximum Gasteiger partial charge on any atom is 0.191 e. The third-order valence-corrected chi connectivity index (χ3v) is 4.26. The van der Waals surface area contributed by atoms with E-state index in [9.17, 15) is 5.11 Å². The summed E-state index contributed by atoms with van der Waals surface area (Å²) < 4.78 is 11.3. The Morgan fingerprint density at radius 3 is 2.61 bits per heavy atom. The first kappa shape index (κ1) is 21.8. The highest BCUT2D eigenvalue weighted by Gasteiger charge is 2.27. The summed E-state index contributed by atoms with van der Waals surface area (Å²) in [5.74, 6) is 3.01. The van der Waals surface area contributed by atoms with Gasteiger partial charge in [-0.25, -0.2) is 4.99 Å². The van der Waals surface area contributed by atoms with Crippen molar-refractivity contribution in [2.45, 2.75) is 59.8 Å². The molecule has 0 aliphatic carbocycles. The van der Waals surface area contributed by atoms with Gasteiger partial charge in [0.05, 0.1) is 19.2 Å². The van der Waals surface area contributed by atoms with Crippen LogP contribution < -0.4 is 15.4 Å². The molecule has 3 N–H and O–H groups in total. The summed E-state index contributed by atoms with van der Waals surface area (Å²) in [7, 11) is 0. The number of aryl methyl sites for hydroxylation is 2. The lowest BCUT2D eigenvalue weighted by Gasteiger charge is -2.24. The zero-order valence-electron chi connectivity index (χ0n) is 17.8. The molecule has 1 unspecified atom stereocenters. The van der Waals surface area contributed by atoms with Gasteiger partial charge in [0.1, 0.15) is 22.9 Å². The standard InChI is InChI=1S/C22H33N3O3/c1-7-23-21(24-13-18-9-8-10-19(12-18)27-15(2)3)25-14-22(6,26)20-11-16(4)28-17(20)5/h8-12,15,26H,7,13-14H2,1-6H3,(H2,23,24,25). The highest BCUT2D eigenvalue weighted by atomic mass is 16.5. The van der Waals surface area contributed by atoms with E-state index in [0.717, 1.165) is 34.9 Å². The molecule has 1 heterocycles. The van der Waals surface area contributed by atoms with Gasteiger partial charge in [-0.2, -0.15) is 0 Å². The number of ether oxygens (including phenoxy) is 1. The predicted molar refractivity (Wildman–Crippen MR) is 113 cm³/mol. The van der Waals surface area contributed by atoms with Crippen molar-refractivity contribution in [3.63, 3.8) is 0 Å². The van der Waals surface area contributed by atoms with E-state index in [1.807, 2.05) is 65.0 Å². The molecule has 154 valence electrons. The van der Waals surface area contributed by atoms with Crippen LogP contribution in [0.1, 0.15) is 50.3 Å². The average molecular weight is 388 g/mol. The summed E-state index contributed by atoms with van der Waals surface area (Å²) >= 11 is 0. The molecular weight excluding hydrogens is 354 g/mol. The molecule has 0 fully saturated rings. The molecular formula is C22H33N3O3. The minimum atomic E-state index is -1.07. The lowest BCUT2D eigenvalue weighted by atomic mass is 9.96. The van der Waals surface area contributed by atoms with Crippen molar-refractivity contribution >= 4 is 5.96 Å². The van der Waals surface area contributed by atoms with Gasteiger partial charge in [-0.3, -0.25) is 0 Å². The molecule has 6 heteroatoms. The van der Waals surface area contributed by atoms with Crippen molar-refractivity contribution in [1.29, 1.82) is 0 Å². The van der Waals surface area contributed by atoms with Crippen molar-refractivity contribution in [1.82, 2.24) is 10.6 Å². The van der Waals surface area contributed by atoms with Crippen LogP contribution in [0.3, 0.4) is 0 Å². The lowest BCUT2D eigenvalue weighted by Crippen LogP contribution is -2.44. The average Bonchev–Trinajstić information content (AvgIpc) is 2.96. The first-order valence-corrected chi connectivity index (χ1v) is 9.79. The van der Waals surface area contributed by atoms with Gasteiger partial charge in [0.15, 0.2) is 5.96 Å². The number of benzene rings is 1. The van der Waals surface area contributed by atoms with Crippen LogP contribution in [0.15, 0.2) is 39.7 Å². The first-order valence-electron chi connectivity index (χ1n) is 9.79. The Balaban J connectivity index is 2.05. The second-order valence-corrected chi connectivity index (χ2v) is 7.46. The monoisotopic (exact) mass is 387 g/mol. The van der Waals surface area contributed by atoms with Gasteiger partial charge in [-0.15, -0.1) is 0 Å². The second-order valence-electron chi connectivity index (χ2n) is 7.46. The Morgan fingerprint density at radius 1 is 1.25 bits per heavy atom. The zero-order chi connectivity index (χ0) is 20.7. The number of furan rings is 1. The third-order valence-electron chi connectivity index (χ3n) is 4.26. The van der Waals surface area contributed by atoms with Crippen LogP contribution in [0.4, 0.5) is 0 Å². The van der Waals surface area contributed by atoms with E-state index in [-0.39, 0.29) is 6.10 Å². The Labute approximate surface area is 168 Å². The van der Waals surface area contributed by atoms with Gasteiger partial charge >= 0.3 is 0 Å². The van der Waals surface area contributed by atoms with Gasteiger partial charge in [0.25, 0.3) is 0 Å². The summed E-state index contributed by atoms with van der Waals surface area (Å²) in [5, 5.41) is 17.3. The largest absolute Gasteiger partial charge is 0.491 e. The molecule has 0 saturated carbocycles. The molecule has 0 bridgehead atoms. The van der Waals surface area contributed by atoms with Crippen LogP contribution in [-0.4, -0.2) is 30.3 Å². The van der Waals surface area contributed by atoms with E-state index >= 15 is 0 Å². The van der Waals surface area contributed by atoms with E-state index in [0.29, 0.717) is 19.0 Å². The quantitative estimate of drug-likeness (QED) is 0.476. The van der Waals surface area contributed by atoms with Crippen molar-refractivity contribution in [2.75, 3.05) is 13.1 Å². The Bertz CT molecular complexity index is 794. The minimum absolute atomic E-state index is 0.134. The van der Waals surface area contributed by atoms with Gasteiger partial charge < -0.3 is 24.9 Å². The van der Waals surface area contributed by atoms with E-state index in [1.165, 1.54) is 0 Å². The summed E-state index contributed by atoms with van der Waals surface area (Å²) in [6.45, 7) is 13.1. The minimum Gasteiger partial charge on any atom is -0.491 e. The number of nitrogens with one attached hydrogen (secondary N) is 2. The van der Waals surface area contributed by atoms with Crippen LogP contribution >= 0.6 is 0 Å². The number of nitrogens with zero attached hydrogens (tertiary/aromatic N) is 1. The third kappa shape index (κ3) is 6.30. The molecule has 0 radical (unpaired) electrons. The van der Waals surface area contributed by atoms with Gasteiger partial charge in [-0.05, 0) is 65.3 Å². The maximum atomic E-state index is 10.9. The molecule has 6 nitrogen and oxygen atoms in total. The first-order chi connectivity index (χ1) is 13.2. The van der Waals surface area contributed by atoms with Gasteiger partial charge in [-0.1, -0.05) is 12.1 Å². The van der Waals surface area contributed by atoms with E-state index < -0.39 is 5.60 Å². The van der Waals surface area contributed by atoms with Crippen molar-refractivity contribution in [2.24, 2.45) is 4.99 Å². The van der Waals surface area contributed by atoms with E-state index in [1.54, 1.807) is 6.92 Å². The molecule has 0 aliphatic rings. The van der Waals surface area contributed by atoms with E-state index in [4.69, 9.17) is 9.15 Å². The highest BCUT2D eigenvalue weighted by Crippen LogP contribution is 2.26. The van der Waals surface area contributed by atoms with Crippen LogP contribution in [-0.2, 0) is 12.1 Å². The number of rotatable bonds is 8. The molecule has 2 aromatic rings. The lowest BCUT2D eigenvalue weighted by molar-refractivity contribution is 0.0601. The van der Waals surface area contributed by atoms with Crippen LogP contribution in [0.5, 0.6) is 5.75 Å². The molecule has 0 spiro atoms. The van der Waals surface area contributed by atoms with Gasteiger partial charge in [0.2, 0.25) is 0 Å². The highest BCUT2D eigenvalue weighted by molar-refractivity contribution is 5.79. The Morgan fingerprint density at radius 2 is 2.00 bits per heavy atom. The molecule has 0 amide bonds. The molecule has 28 heavy (non-hydrogen) atoms. The maximum absolute atomic E-state index is 10.9. The van der Waals surface area contributed by atoms with Crippen LogP contribution in [0, 0.1) is 13.8 Å². The number of hydrogen-bond donors (Lipinski definition) is 3. The normalized spacial score (nSPS) is 14.1. The Hall–Kier alpha value is -2.47. The fraction of sp³-hybridized carbons (Fsp3) is 0.500. The van der Waals surface area contributed by atoms with Crippen molar-refractivity contribution in [3.05, 3.63) is 53.0 Å². The number of guanidine groups is 1. The van der Waals surface area contributed by atoms with Crippen LogP contribution in [0.25, 0.3) is 0 Å². The van der Waals surface area contributed by atoms with Gasteiger partial charge in [0, 0.05) is 12.1 Å². The molecule has 2 rings (SSSR count). The molecule has 1 aromatic carbocycles. The summed E-state index contributed by atoms with van der Waals surface area (Å²) in [5.41, 5.74) is 0.776. The Kier molecular flexibility index (Phi) is 7.52. The van der Waals surface area contributed by atoms with Crippen LogP contribution in [0.2, 0.25) is 0 Å². The summed E-state index contributed by atoms with van der Waals surface area (Å²) in [6.07, 6.45) is 0.134. The topological polar surface area (TPSA) is 79.0 Å². The molecule has 0 saturated heterocycles. The van der Waals surface area contributed by atoms with Crippen molar-refractivity contribution in [3.8, 4) is 5.75 Å². The summed E-state index contributed by atoms with van der Waals surface area (Å²) in [4.78, 5) is 4.63. The molecule has 0 aliphatic heterocycles. The zero-order valence-corrected chi connectivity index (χ0v) is 17.8. The smallest absolute Gasteiger partial charge is 0.191 e. The fourth-order valence-electron chi connectivity index (χ4n) is 3.02. The number of aliphatic hydroxyl groups is 1. The summed E-state index contributed by atoms with van der Waals surface area (Å²) in [6, 6.07) is 9.82. The SMILES string of the molecule is CCNC(=NCc1cccc(OC(C)C)c1)NCC(C)(O)c1cc(C)oc1C. The fourth-order valence-corrected chi connectivity index (χ4v) is 3.02. The predicted octanol–water partition coefficient (Wildman–Crippen LogP) is 3.65. The van der Waals surface area contributed by atoms with E-state index in [2.05, 4.69) is 15.6 Å². The number of hydrogen-bond acceptors (Lipinski definition) is 4.